The Hall–Kier alpha value is -1.87. The third-order valence-electron chi connectivity index (χ3n) is 1.69. The zero-order valence-corrected chi connectivity index (χ0v) is 8.25. The van der Waals surface area contributed by atoms with E-state index in [1.807, 2.05) is 6.07 Å². The molecule has 1 aromatic heterocycles. The van der Waals surface area contributed by atoms with Crippen molar-refractivity contribution >= 4 is 5.97 Å². The van der Waals surface area contributed by atoms with Crippen LogP contribution in [0, 0.1) is 11.3 Å². The molecule has 0 aliphatic heterocycles. The summed E-state index contributed by atoms with van der Waals surface area (Å²) in [7, 11) is 0. The fraction of sp³-hybridized carbons (Fsp3) is 0.444. The van der Waals surface area contributed by atoms with Crippen LogP contribution >= 0.6 is 0 Å². The van der Waals surface area contributed by atoms with Gasteiger partial charge in [0, 0.05) is 6.20 Å². The molecule has 0 saturated carbocycles. The third-order valence-corrected chi connectivity index (χ3v) is 1.69. The van der Waals surface area contributed by atoms with Gasteiger partial charge in [-0.3, -0.25) is 0 Å². The Morgan fingerprint density at radius 2 is 2.60 bits per heavy atom. The number of ether oxygens (including phenoxy) is 1. The lowest BCUT2D eigenvalue weighted by molar-refractivity contribution is -0.153. The molecule has 0 spiro atoms. The molecule has 1 heterocycles. The molecule has 6 heteroatoms. The predicted octanol–water partition coefficient (Wildman–Crippen LogP) is -0.321. The van der Waals surface area contributed by atoms with Crippen LogP contribution in [0.5, 0.6) is 0 Å². The van der Waals surface area contributed by atoms with Crippen molar-refractivity contribution in [2.24, 2.45) is 0 Å². The lowest BCUT2D eigenvalue weighted by Crippen LogP contribution is -2.27. The summed E-state index contributed by atoms with van der Waals surface area (Å²) in [6.07, 6.45) is 1.59. The number of esters is 1. The zero-order valence-electron chi connectivity index (χ0n) is 8.25. The van der Waals surface area contributed by atoms with E-state index in [0.29, 0.717) is 0 Å². The number of nitriles is 1. The SMILES string of the molecule is CCOC(=O)[C@@H](O)Cn1cnc(C#N)c1. The van der Waals surface area contributed by atoms with Crippen molar-refractivity contribution in [1.82, 2.24) is 9.55 Å². The van der Waals surface area contributed by atoms with E-state index in [4.69, 9.17) is 5.26 Å². The van der Waals surface area contributed by atoms with Gasteiger partial charge in [0.1, 0.15) is 6.07 Å². The molecule has 0 aliphatic carbocycles. The van der Waals surface area contributed by atoms with Crippen molar-refractivity contribution in [3.63, 3.8) is 0 Å². The molecule has 0 saturated heterocycles. The third kappa shape index (κ3) is 3.07. The number of hydrogen-bond acceptors (Lipinski definition) is 5. The Kier molecular flexibility index (Phi) is 3.83. The smallest absolute Gasteiger partial charge is 0.336 e. The van der Waals surface area contributed by atoms with E-state index in [2.05, 4.69) is 9.72 Å². The molecular weight excluding hydrogens is 198 g/mol. The van der Waals surface area contributed by atoms with E-state index in [1.54, 1.807) is 6.92 Å². The van der Waals surface area contributed by atoms with Crippen molar-refractivity contribution in [3.8, 4) is 6.07 Å². The van der Waals surface area contributed by atoms with E-state index in [0.717, 1.165) is 0 Å². The number of aromatic nitrogens is 2. The highest BCUT2D eigenvalue weighted by atomic mass is 16.5. The molecule has 1 atom stereocenters. The molecule has 6 nitrogen and oxygen atoms in total. The second kappa shape index (κ2) is 5.12. The van der Waals surface area contributed by atoms with Gasteiger partial charge in [-0.25, -0.2) is 9.78 Å². The summed E-state index contributed by atoms with van der Waals surface area (Å²) in [6, 6.07) is 1.85. The molecule has 1 N–H and O–H groups in total. The van der Waals surface area contributed by atoms with Gasteiger partial charge >= 0.3 is 5.97 Å². The number of imidazole rings is 1. The molecule has 0 amide bonds. The first-order chi connectivity index (χ1) is 7.17. The number of carbonyl (C=O) groups is 1. The van der Waals surface area contributed by atoms with Crippen molar-refractivity contribution in [3.05, 3.63) is 18.2 Å². The molecule has 1 rings (SSSR count). The van der Waals surface area contributed by atoms with E-state index in [1.165, 1.54) is 17.1 Å². The molecule has 1 aromatic rings. The number of rotatable bonds is 4. The van der Waals surface area contributed by atoms with Gasteiger partial charge in [0.25, 0.3) is 0 Å². The monoisotopic (exact) mass is 209 g/mol. The molecule has 15 heavy (non-hydrogen) atoms. The maximum absolute atomic E-state index is 11.1. The van der Waals surface area contributed by atoms with E-state index in [9.17, 15) is 9.90 Å². The largest absolute Gasteiger partial charge is 0.464 e. The van der Waals surface area contributed by atoms with E-state index < -0.39 is 12.1 Å². The predicted molar refractivity (Wildman–Crippen MR) is 49.6 cm³/mol. The topological polar surface area (TPSA) is 88.1 Å². The fourth-order valence-corrected chi connectivity index (χ4v) is 1.03. The summed E-state index contributed by atoms with van der Waals surface area (Å²) in [5.41, 5.74) is 0.242. The second-order valence-corrected chi connectivity index (χ2v) is 2.84. The van der Waals surface area contributed by atoms with Crippen molar-refractivity contribution in [1.29, 1.82) is 5.26 Å². The highest BCUT2D eigenvalue weighted by Gasteiger charge is 2.16. The lowest BCUT2D eigenvalue weighted by Gasteiger charge is -2.09. The number of carbonyl (C=O) groups excluding carboxylic acids is 1. The molecule has 0 fully saturated rings. The van der Waals surface area contributed by atoms with Gasteiger partial charge in [-0.2, -0.15) is 5.26 Å². The van der Waals surface area contributed by atoms with Gasteiger partial charge in [-0.15, -0.1) is 0 Å². The number of aliphatic hydroxyl groups excluding tert-OH is 1. The Labute approximate surface area is 86.7 Å². The number of aliphatic hydroxyl groups is 1. The number of hydrogen-bond donors (Lipinski definition) is 1. The highest BCUT2D eigenvalue weighted by molar-refractivity contribution is 5.74. The minimum atomic E-state index is -1.23. The maximum Gasteiger partial charge on any atom is 0.336 e. The van der Waals surface area contributed by atoms with Crippen molar-refractivity contribution in [2.45, 2.75) is 19.6 Å². The zero-order chi connectivity index (χ0) is 11.3. The lowest BCUT2D eigenvalue weighted by atomic mass is 10.3. The van der Waals surface area contributed by atoms with Gasteiger partial charge < -0.3 is 14.4 Å². The molecule has 0 bridgehead atoms. The number of nitrogens with zero attached hydrogens (tertiary/aromatic N) is 3. The van der Waals surface area contributed by atoms with Crippen molar-refractivity contribution < 1.29 is 14.6 Å². The molecule has 0 aliphatic rings. The summed E-state index contributed by atoms with van der Waals surface area (Å²) in [4.78, 5) is 14.8. The van der Waals surface area contributed by atoms with Crippen LogP contribution in [0.3, 0.4) is 0 Å². The standard InChI is InChI=1S/C9H11N3O3/c1-2-15-9(14)8(13)5-12-4-7(3-10)11-6-12/h4,6,8,13H,2,5H2,1H3/t8-/m0/s1. The van der Waals surface area contributed by atoms with Crippen LogP contribution in [-0.2, 0) is 16.1 Å². The van der Waals surface area contributed by atoms with Gasteiger partial charge in [0.2, 0.25) is 0 Å². The Morgan fingerprint density at radius 1 is 1.87 bits per heavy atom. The first kappa shape index (κ1) is 11.2. The summed E-state index contributed by atoms with van der Waals surface area (Å²) in [5, 5.41) is 17.9. The normalized spacial score (nSPS) is 11.8. The maximum atomic E-state index is 11.1. The van der Waals surface area contributed by atoms with Crippen LogP contribution in [0.2, 0.25) is 0 Å². The van der Waals surface area contributed by atoms with Crippen LogP contribution in [0.15, 0.2) is 12.5 Å². The van der Waals surface area contributed by atoms with Crippen LogP contribution in [0.4, 0.5) is 0 Å². The Balaban J connectivity index is 2.55. The van der Waals surface area contributed by atoms with Crippen LogP contribution in [0.1, 0.15) is 12.6 Å². The average Bonchev–Trinajstić information content (AvgIpc) is 2.66. The molecule has 0 aromatic carbocycles. The van der Waals surface area contributed by atoms with Crippen LogP contribution in [0.25, 0.3) is 0 Å². The summed E-state index contributed by atoms with van der Waals surface area (Å²) in [5.74, 6) is -0.676. The Morgan fingerprint density at radius 3 is 3.13 bits per heavy atom. The second-order valence-electron chi connectivity index (χ2n) is 2.84. The minimum Gasteiger partial charge on any atom is -0.464 e. The Bertz CT molecular complexity index is 380. The highest BCUT2D eigenvalue weighted by Crippen LogP contribution is 1.98. The fourth-order valence-electron chi connectivity index (χ4n) is 1.03. The van der Waals surface area contributed by atoms with Gasteiger partial charge in [-0.05, 0) is 6.92 Å². The van der Waals surface area contributed by atoms with E-state index in [-0.39, 0.29) is 18.8 Å². The average molecular weight is 209 g/mol. The molecule has 0 radical (unpaired) electrons. The summed E-state index contributed by atoms with van der Waals surface area (Å²) < 4.78 is 6.08. The van der Waals surface area contributed by atoms with E-state index >= 15 is 0 Å². The molecular formula is C9H11N3O3. The summed E-state index contributed by atoms with van der Waals surface area (Å²) >= 11 is 0. The van der Waals surface area contributed by atoms with Crippen LogP contribution < -0.4 is 0 Å². The first-order valence-electron chi connectivity index (χ1n) is 4.44. The molecule has 0 unspecified atom stereocenters. The summed E-state index contributed by atoms with van der Waals surface area (Å²) in [6.45, 7) is 1.92. The van der Waals surface area contributed by atoms with Gasteiger partial charge in [0.05, 0.1) is 19.5 Å². The minimum absolute atomic E-state index is 0.0352. The van der Waals surface area contributed by atoms with Gasteiger partial charge in [0.15, 0.2) is 11.8 Å². The first-order valence-corrected chi connectivity index (χ1v) is 4.44. The van der Waals surface area contributed by atoms with Crippen molar-refractivity contribution in [2.75, 3.05) is 6.61 Å². The molecule has 80 valence electrons. The van der Waals surface area contributed by atoms with Gasteiger partial charge in [-0.1, -0.05) is 0 Å². The quantitative estimate of drug-likeness (QED) is 0.686. The van der Waals surface area contributed by atoms with Crippen LogP contribution in [-0.4, -0.2) is 33.3 Å².